The van der Waals surface area contributed by atoms with Gasteiger partial charge in [0.05, 0.1) is 0 Å². The predicted molar refractivity (Wildman–Crippen MR) is 80.5 cm³/mol. The average Bonchev–Trinajstić information content (AvgIpc) is 2.30. The van der Waals surface area contributed by atoms with Gasteiger partial charge in [-0.25, -0.2) is 0 Å². The summed E-state index contributed by atoms with van der Waals surface area (Å²) in [7, 11) is 0. The van der Waals surface area contributed by atoms with E-state index in [1.165, 1.54) is 64.2 Å². The molecule has 0 heteroatoms. The Labute approximate surface area is 111 Å². The van der Waals surface area contributed by atoms with Crippen LogP contribution in [-0.2, 0) is 0 Å². The van der Waals surface area contributed by atoms with Crippen LogP contribution in [0.25, 0.3) is 0 Å². The third-order valence-corrected chi connectivity index (χ3v) is 4.08. The maximum Gasteiger partial charge on any atom is -0.0354 e. The van der Waals surface area contributed by atoms with Crippen LogP contribution in [0.4, 0.5) is 0 Å². The van der Waals surface area contributed by atoms with Crippen molar-refractivity contribution >= 4 is 0 Å². The minimum absolute atomic E-state index is 0.659. The van der Waals surface area contributed by atoms with Gasteiger partial charge in [0.25, 0.3) is 0 Å². The predicted octanol–water partition coefficient (Wildman–Crippen LogP) is 6.59. The van der Waals surface area contributed by atoms with Crippen LogP contribution in [0.2, 0.25) is 0 Å². The molecule has 17 heavy (non-hydrogen) atoms. The van der Waals surface area contributed by atoms with Crippen LogP contribution in [0.1, 0.15) is 98.8 Å². The molecule has 1 rings (SSSR count). The van der Waals surface area contributed by atoms with E-state index in [4.69, 9.17) is 0 Å². The zero-order chi connectivity index (χ0) is 13.1. The Morgan fingerprint density at radius 1 is 0.824 bits per heavy atom. The molecule has 1 fully saturated rings. The van der Waals surface area contributed by atoms with Crippen LogP contribution >= 0.6 is 0 Å². The molecule has 0 aliphatic heterocycles. The van der Waals surface area contributed by atoms with Crippen molar-refractivity contribution in [2.45, 2.75) is 98.8 Å². The normalized spacial score (nSPS) is 19.6. The molecule has 1 aliphatic rings. The van der Waals surface area contributed by atoms with Crippen LogP contribution in [0.5, 0.6) is 0 Å². The molecule has 0 unspecified atom stereocenters. The molecule has 0 aromatic rings. The fraction of sp³-hybridized carbons (Fsp3) is 1.00. The summed E-state index contributed by atoms with van der Waals surface area (Å²) >= 11 is 0. The number of rotatable bonds is 5. The molecule has 0 amide bonds. The zero-order valence-corrected chi connectivity index (χ0v) is 13.1. The molecule has 0 bridgehead atoms. The highest BCUT2D eigenvalue weighted by Gasteiger charge is 2.23. The summed E-state index contributed by atoms with van der Waals surface area (Å²) < 4.78 is 0. The van der Waals surface area contributed by atoms with E-state index in [2.05, 4.69) is 34.6 Å². The summed E-state index contributed by atoms with van der Waals surface area (Å²) in [5.74, 6) is 0.998. The molecule has 1 saturated carbocycles. The van der Waals surface area contributed by atoms with Gasteiger partial charge in [0, 0.05) is 0 Å². The lowest BCUT2D eigenvalue weighted by Crippen LogP contribution is -2.19. The molecule has 104 valence electrons. The second-order valence-corrected chi connectivity index (χ2v) is 6.76. The van der Waals surface area contributed by atoms with E-state index in [9.17, 15) is 0 Å². The van der Waals surface area contributed by atoms with Gasteiger partial charge in [0.2, 0.25) is 0 Å². The maximum absolute atomic E-state index is 2.39. The first-order chi connectivity index (χ1) is 8.02. The van der Waals surface area contributed by atoms with E-state index in [0.717, 1.165) is 5.92 Å². The summed E-state index contributed by atoms with van der Waals surface area (Å²) in [6.45, 7) is 11.7. The van der Waals surface area contributed by atoms with Gasteiger partial charge in [-0.15, -0.1) is 0 Å². The van der Waals surface area contributed by atoms with Gasteiger partial charge in [0.15, 0.2) is 0 Å². The topological polar surface area (TPSA) is 0 Å². The van der Waals surface area contributed by atoms with Crippen molar-refractivity contribution in [3.8, 4) is 0 Å². The SMILES string of the molecule is CC1CCC(C)(C)CC1.CCCCCCCC. The van der Waals surface area contributed by atoms with Gasteiger partial charge in [-0.05, 0) is 24.2 Å². The maximum atomic E-state index is 2.39. The third-order valence-electron chi connectivity index (χ3n) is 4.08. The van der Waals surface area contributed by atoms with Crippen LogP contribution < -0.4 is 0 Å². The molecule has 0 nitrogen and oxygen atoms in total. The van der Waals surface area contributed by atoms with Crippen molar-refractivity contribution in [3.05, 3.63) is 0 Å². The Bertz CT molecular complexity index is 141. The molecular weight excluding hydrogens is 204 g/mol. The monoisotopic (exact) mass is 240 g/mol. The summed E-state index contributed by atoms with van der Waals surface area (Å²) in [6, 6.07) is 0. The molecule has 1 aliphatic carbocycles. The molecule has 0 saturated heterocycles. The average molecular weight is 240 g/mol. The summed E-state index contributed by atoms with van der Waals surface area (Å²) in [4.78, 5) is 0. The molecular formula is C17H36. The first kappa shape index (κ1) is 17.0. The van der Waals surface area contributed by atoms with Crippen LogP contribution in [0.15, 0.2) is 0 Å². The summed E-state index contributed by atoms with van der Waals surface area (Å²) in [5.41, 5.74) is 0.659. The van der Waals surface area contributed by atoms with Crippen LogP contribution in [0, 0.1) is 11.3 Å². The zero-order valence-electron chi connectivity index (χ0n) is 13.1. The summed E-state index contributed by atoms with van der Waals surface area (Å²) in [6.07, 6.45) is 14.3. The Kier molecular flexibility index (Phi) is 9.97. The number of unbranched alkanes of at least 4 members (excludes halogenated alkanes) is 5. The van der Waals surface area contributed by atoms with Crippen LogP contribution in [-0.4, -0.2) is 0 Å². The molecule has 0 aromatic heterocycles. The molecule has 0 atom stereocenters. The van der Waals surface area contributed by atoms with Crippen molar-refractivity contribution in [1.82, 2.24) is 0 Å². The van der Waals surface area contributed by atoms with Gasteiger partial charge in [-0.3, -0.25) is 0 Å². The second kappa shape index (κ2) is 9.97. The van der Waals surface area contributed by atoms with Crippen LogP contribution in [0.3, 0.4) is 0 Å². The summed E-state index contributed by atoms with van der Waals surface area (Å²) in [5, 5.41) is 0. The fourth-order valence-electron chi connectivity index (χ4n) is 2.40. The lowest BCUT2D eigenvalue weighted by molar-refractivity contribution is 0.201. The fourth-order valence-corrected chi connectivity index (χ4v) is 2.40. The Morgan fingerprint density at radius 3 is 1.53 bits per heavy atom. The van der Waals surface area contributed by atoms with Crippen molar-refractivity contribution in [1.29, 1.82) is 0 Å². The van der Waals surface area contributed by atoms with E-state index in [0.29, 0.717) is 5.41 Å². The van der Waals surface area contributed by atoms with Crippen molar-refractivity contribution in [3.63, 3.8) is 0 Å². The lowest BCUT2D eigenvalue weighted by Gasteiger charge is -2.32. The lowest BCUT2D eigenvalue weighted by atomic mass is 9.74. The van der Waals surface area contributed by atoms with E-state index in [1.54, 1.807) is 0 Å². The van der Waals surface area contributed by atoms with Gasteiger partial charge >= 0.3 is 0 Å². The molecule has 0 heterocycles. The van der Waals surface area contributed by atoms with Gasteiger partial charge in [-0.1, -0.05) is 86.0 Å². The van der Waals surface area contributed by atoms with E-state index >= 15 is 0 Å². The second-order valence-electron chi connectivity index (χ2n) is 6.76. The van der Waals surface area contributed by atoms with Gasteiger partial charge < -0.3 is 0 Å². The molecule has 0 radical (unpaired) electrons. The van der Waals surface area contributed by atoms with E-state index in [1.807, 2.05) is 0 Å². The van der Waals surface area contributed by atoms with Gasteiger partial charge in [0.1, 0.15) is 0 Å². The quantitative estimate of drug-likeness (QED) is 0.475. The van der Waals surface area contributed by atoms with E-state index < -0.39 is 0 Å². The first-order valence-electron chi connectivity index (χ1n) is 8.02. The number of hydrogen-bond acceptors (Lipinski definition) is 0. The Balaban J connectivity index is 0.000000304. The van der Waals surface area contributed by atoms with Crippen molar-refractivity contribution in [2.75, 3.05) is 0 Å². The Hall–Kier alpha value is 0. The smallest absolute Gasteiger partial charge is 0.0354 e. The standard InChI is InChI=1S/C9H18.C8H18/c1-8-4-6-9(2,3)7-5-8;1-3-5-7-8-6-4-2/h8H,4-7H2,1-3H3;3-8H2,1-2H3. The first-order valence-corrected chi connectivity index (χ1v) is 8.02. The largest absolute Gasteiger partial charge is 0.0654 e. The molecule has 0 spiro atoms. The molecule has 0 aromatic carbocycles. The van der Waals surface area contributed by atoms with Gasteiger partial charge in [-0.2, -0.15) is 0 Å². The minimum atomic E-state index is 0.659. The highest BCUT2D eigenvalue weighted by Crippen LogP contribution is 2.37. The Morgan fingerprint density at radius 2 is 1.24 bits per heavy atom. The molecule has 0 N–H and O–H groups in total. The number of hydrogen-bond donors (Lipinski definition) is 0. The van der Waals surface area contributed by atoms with E-state index in [-0.39, 0.29) is 0 Å². The van der Waals surface area contributed by atoms with Crippen molar-refractivity contribution in [2.24, 2.45) is 11.3 Å². The van der Waals surface area contributed by atoms with Crippen molar-refractivity contribution < 1.29 is 0 Å². The third kappa shape index (κ3) is 10.9. The highest BCUT2D eigenvalue weighted by atomic mass is 14.3. The highest BCUT2D eigenvalue weighted by molar-refractivity contribution is 4.76. The minimum Gasteiger partial charge on any atom is -0.0654 e.